The van der Waals surface area contributed by atoms with Gasteiger partial charge in [-0.25, -0.2) is 0 Å². The molecule has 0 aromatic heterocycles. The Hall–Kier alpha value is -0.860. The zero-order chi connectivity index (χ0) is 13.9. The van der Waals surface area contributed by atoms with Crippen molar-refractivity contribution in [2.45, 2.75) is 63.5 Å². The lowest BCUT2D eigenvalue weighted by atomic mass is 9.73. The zero-order valence-electron chi connectivity index (χ0n) is 12.5. The van der Waals surface area contributed by atoms with Crippen LogP contribution in [0.15, 0.2) is 24.3 Å². The number of rotatable bonds is 4. The Morgan fingerprint density at radius 3 is 2.65 bits per heavy atom. The molecule has 0 aliphatic heterocycles. The van der Waals surface area contributed by atoms with Gasteiger partial charge in [0.2, 0.25) is 0 Å². The van der Waals surface area contributed by atoms with Crippen molar-refractivity contribution in [1.29, 1.82) is 0 Å². The summed E-state index contributed by atoms with van der Waals surface area (Å²) in [5, 5.41) is 13.3. The highest BCUT2D eigenvalue weighted by molar-refractivity contribution is 5.31. The molecule has 3 rings (SSSR count). The van der Waals surface area contributed by atoms with Crippen LogP contribution in [-0.4, -0.2) is 23.8 Å². The van der Waals surface area contributed by atoms with Crippen LogP contribution in [0.25, 0.3) is 0 Å². The van der Waals surface area contributed by atoms with E-state index in [0.717, 1.165) is 5.92 Å². The fourth-order valence-electron chi connectivity index (χ4n) is 4.00. The van der Waals surface area contributed by atoms with Crippen LogP contribution in [0.5, 0.6) is 0 Å². The van der Waals surface area contributed by atoms with Crippen molar-refractivity contribution in [1.82, 2.24) is 5.32 Å². The molecule has 0 spiro atoms. The molecule has 0 heterocycles. The molecule has 2 nitrogen and oxygen atoms in total. The minimum absolute atomic E-state index is 0.353. The van der Waals surface area contributed by atoms with Crippen molar-refractivity contribution in [3.63, 3.8) is 0 Å². The summed E-state index contributed by atoms with van der Waals surface area (Å²) in [6.07, 6.45) is 7.58. The lowest BCUT2D eigenvalue weighted by molar-refractivity contribution is 0.130. The fourth-order valence-corrected chi connectivity index (χ4v) is 4.00. The average molecular weight is 273 g/mol. The van der Waals surface area contributed by atoms with Gasteiger partial charge in [-0.15, -0.1) is 0 Å². The Balaban J connectivity index is 1.52. The Bertz CT molecular complexity index is 439. The molecule has 2 fully saturated rings. The van der Waals surface area contributed by atoms with E-state index >= 15 is 0 Å². The van der Waals surface area contributed by atoms with E-state index in [1.807, 2.05) is 0 Å². The van der Waals surface area contributed by atoms with E-state index in [4.69, 9.17) is 0 Å². The van der Waals surface area contributed by atoms with Crippen LogP contribution >= 0.6 is 0 Å². The molecule has 2 unspecified atom stereocenters. The van der Waals surface area contributed by atoms with Gasteiger partial charge >= 0.3 is 0 Å². The molecule has 1 aromatic rings. The van der Waals surface area contributed by atoms with E-state index in [1.165, 1.54) is 49.7 Å². The van der Waals surface area contributed by atoms with Crippen molar-refractivity contribution in [3.8, 4) is 0 Å². The average Bonchev–Trinajstić information content (AvgIpc) is 2.44. The molecule has 1 aromatic carbocycles. The third-order valence-electron chi connectivity index (χ3n) is 5.36. The molecule has 0 bridgehead atoms. The van der Waals surface area contributed by atoms with Crippen LogP contribution in [0, 0.1) is 12.8 Å². The molecule has 2 heteroatoms. The maximum absolute atomic E-state index is 9.49. The van der Waals surface area contributed by atoms with Gasteiger partial charge in [0, 0.05) is 18.7 Å². The summed E-state index contributed by atoms with van der Waals surface area (Å²) in [6, 6.07) is 10.0. The molecular formula is C18H27NO. The summed E-state index contributed by atoms with van der Waals surface area (Å²) in [7, 11) is 0. The Labute approximate surface area is 122 Å². The predicted molar refractivity (Wildman–Crippen MR) is 82.9 cm³/mol. The molecular weight excluding hydrogens is 246 g/mol. The van der Waals surface area contributed by atoms with Crippen molar-refractivity contribution in [2.24, 2.45) is 5.92 Å². The second-order valence-electron chi connectivity index (χ2n) is 6.72. The summed E-state index contributed by atoms with van der Waals surface area (Å²) in [4.78, 5) is 0. The predicted octanol–water partition coefficient (Wildman–Crippen LogP) is 3.38. The second-order valence-corrected chi connectivity index (χ2v) is 6.72. The van der Waals surface area contributed by atoms with Crippen LogP contribution in [-0.2, 0) is 0 Å². The number of hydrogen-bond donors (Lipinski definition) is 2. The highest BCUT2D eigenvalue weighted by Gasteiger charge is 2.34. The molecule has 2 saturated carbocycles. The van der Waals surface area contributed by atoms with Crippen molar-refractivity contribution in [2.75, 3.05) is 6.61 Å². The molecule has 2 N–H and O–H groups in total. The first kappa shape index (κ1) is 14.1. The van der Waals surface area contributed by atoms with Gasteiger partial charge < -0.3 is 10.4 Å². The Morgan fingerprint density at radius 2 is 1.90 bits per heavy atom. The second kappa shape index (κ2) is 6.28. The molecule has 20 heavy (non-hydrogen) atoms. The van der Waals surface area contributed by atoms with Gasteiger partial charge in [0.15, 0.2) is 0 Å². The number of aryl methyl sites for hydroxylation is 1. The number of aliphatic hydroxyl groups is 1. The SMILES string of the molecule is Cc1ccccc1C1CC(NC2CCCCC2CO)C1. The summed E-state index contributed by atoms with van der Waals surface area (Å²) < 4.78 is 0. The van der Waals surface area contributed by atoms with Gasteiger partial charge in [0.05, 0.1) is 0 Å². The first-order chi connectivity index (χ1) is 9.78. The summed E-state index contributed by atoms with van der Waals surface area (Å²) in [5.74, 6) is 1.23. The van der Waals surface area contributed by atoms with E-state index in [1.54, 1.807) is 0 Å². The normalized spacial score (nSPS) is 33.7. The molecule has 0 amide bonds. The van der Waals surface area contributed by atoms with Gasteiger partial charge in [0.25, 0.3) is 0 Å². The number of nitrogens with one attached hydrogen (secondary N) is 1. The van der Waals surface area contributed by atoms with Crippen molar-refractivity contribution >= 4 is 0 Å². The smallest absolute Gasteiger partial charge is 0.0474 e. The molecule has 2 aliphatic rings. The van der Waals surface area contributed by atoms with Crippen molar-refractivity contribution in [3.05, 3.63) is 35.4 Å². The number of aliphatic hydroxyl groups excluding tert-OH is 1. The zero-order valence-corrected chi connectivity index (χ0v) is 12.5. The lowest BCUT2D eigenvalue weighted by Gasteiger charge is -2.42. The van der Waals surface area contributed by atoms with Crippen LogP contribution in [0.2, 0.25) is 0 Å². The monoisotopic (exact) mass is 273 g/mol. The number of hydrogen-bond acceptors (Lipinski definition) is 2. The summed E-state index contributed by atoms with van der Waals surface area (Å²) >= 11 is 0. The van der Waals surface area contributed by atoms with Gasteiger partial charge in [-0.1, -0.05) is 37.1 Å². The standard InChI is InChI=1S/C18H27NO/c1-13-6-2-4-8-17(13)15-10-16(11-15)19-18-9-5-3-7-14(18)12-20/h2,4,6,8,14-16,18-20H,3,5,7,9-12H2,1H3. The summed E-state index contributed by atoms with van der Waals surface area (Å²) in [6.45, 7) is 2.57. The third-order valence-corrected chi connectivity index (χ3v) is 5.36. The van der Waals surface area contributed by atoms with Gasteiger partial charge in [-0.2, -0.15) is 0 Å². The van der Waals surface area contributed by atoms with Crippen LogP contribution in [0.1, 0.15) is 55.6 Å². The van der Waals surface area contributed by atoms with E-state index in [9.17, 15) is 5.11 Å². The summed E-state index contributed by atoms with van der Waals surface area (Å²) in [5.41, 5.74) is 2.97. The van der Waals surface area contributed by atoms with Crippen LogP contribution < -0.4 is 5.32 Å². The topological polar surface area (TPSA) is 32.3 Å². The first-order valence-corrected chi connectivity index (χ1v) is 8.20. The minimum Gasteiger partial charge on any atom is -0.396 e. The highest BCUT2D eigenvalue weighted by atomic mass is 16.3. The van der Waals surface area contributed by atoms with Crippen molar-refractivity contribution < 1.29 is 5.11 Å². The molecule has 110 valence electrons. The fraction of sp³-hybridized carbons (Fsp3) is 0.667. The van der Waals surface area contributed by atoms with E-state index < -0.39 is 0 Å². The van der Waals surface area contributed by atoms with E-state index in [2.05, 4.69) is 36.5 Å². The lowest BCUT2D eigenvalue weighted by Crippen LogP contribution is -2.50. The molecule has 0 saturated heterocycles. The van der Waals surface area contributed by atoms with Crippen LogP contribution in [0.4, 0.5) is 0 Å². The molecule has 2 aliphatic carbocycles. The van der Waals surface area contributed by atoms with Gasteiger partial charge in [-0.3, -0.25) is 0 Å². The quantitative estimate of drug-likeness (QED) is 0.881. The maximum Gasteiger partial charge on any atom is 0.0474 e. The minimum atomic E-state index is 0.353. The van der Waals surface area contributed by atoms with E-state index in [-0.39, 0.29) is 0 Å². The number of benzene rings is 1. The maximum atomic E-state index is 9.49. The first-order valence-electron chi connectivity index (χ1n) is 8.20. The highest BCUT2D eigenvalue weighted by Crippen LogP contribution is 2.39. The third kappa shape index (κ3) is 2.91. The Kier molecular flexibility index (Phi) is 4.42. The Morgan fingerprint density at radius 1 is 1.15 bits per heavy atom. The van der Waals surface area contributed by atoms with Gasteiger partial charge in [-0.05, 0) is 55.6 Å². The molecule has 0 radical (unpaired) electrons. The van der Waals surface area contributed by atoms with Gasteiger partial charge in [0.1, 0.15) is 0 Å². The van der Waals surface area contributed by atoms with E-state index in [0.29, 0.717) is 24.6 Å². The largest absolute Gasteiger partial charge is 0.396 e. The molecule has 2 atom stereocenters. The van der Waals surface area contributed by atoms with Crippen LogP contribution in [0.3, 0.4) is 0 Å².